The minimum atomic E-state index is -0.264. The number of pyridine rings is 1. The molecule has 2 aromatic carbocycles. The zero-order valence-corrected chi connectivity index (χ0v) is 16.1. The Balaban J connectivity index is 1.74. The molecule has 0 aliphatic heterocycles. The summed E-state index contributed by atoms with van der Waals surface area (Å²) in [5.41, 5.74) is 2.32. The van der Waals surface area contributed by atoms with Crippen LogP contribution in [0.2, 0.25) is 0 Å². The van der Waals surface area contributed by atoms with Gasteiger partial charge in [0.25, 0.3) is 5.91 Å². The van der Waals surface area contributed by atoms with Gasteiger partial charge in [-0.05, 0) is 12.1 Å². The molecule has 1 N–H and O–H groups in total. The molecule has 0 unspecified atom stereocenters. The predicted molar refractivity (Wildman–Crippen MR) is 106 cm³/mol. The third kappa shape index (κ3) is 4.40. The smallest absolute Gasteiger partial charge is 0.255 e. The number of benzene rings is 2. The maximum absolute atomic E-state index is 12.7. The first-order chi connectivity index (χ1) is 13.6. The van der Waals surface area contributed by atoms with Gasteiger partial charge >= 0.3 is 0 Å². The van der Waals surface area contributed by atoms with E-state index in [0.29, 0.717) is 28.5 Å². The molecule has 0 atom stereocenters. The van der Waals surface area contributed by atoms with Gasteiger partial charge in [-0.15, -0.1) is 0 Å². The molecule has 0 aliphatic rings. The lowest BCUT2D eigenvalue weighted by Crippen LogP contribution is -2.33. The van der Waals surface area contributed by atoms with Crippen molar-refractivity contribution in [1.82, 2.24) is 0 Å². The molecular formula is C22H23N2O4+. The summed E-state index contributed by atoms with van der Waals surface area (Å²) >= 11 is 0. The molecule has 1 amide bonds. The zero-order valence-electron chi connectivity index (χ0n) is 16.1. The Bertz CT molecular complexity index is 916. The number of amides is 1. The van der Waals surface area contributed by atoms with E-state index in [0.717, 1.165) is 6.54 Å². The number of ether oxygens (including phenoxy) is 3. The Labute approximate surface area is 164 Å². The van der Waals surface area contributed by atoms with Crippen LogP contribution in [0.4, 0.5) is 5.69 Å². The number of nitrogens with zero attached hydrogens (tertiary/aromatic N) is 1. The fourth-order valence-corrected chi connectivity index (χ4v) is 2.86. The van der Waals surface area contributed by atoms with Crippen LogP contribution in [0.25, 0.3) is 0 Å². The van der Waals surface area contributed by atoms with E-state index in [1.165, 1.54) is 26.9 Å². The molecule has 0 fully saturated rings. The van der Waals surface area contributed by atoms with Gasteiger partial charge in [-0.1, -0.05) is 30.3 Å². The number of methoxy groups -OCH3 is 3. The summed E-state index contributed by atoms with van der Waals surface area (Å²) in [7, 11) is 4.55. The highest BCUT2D eigenvalue weighted by Crippen LogP contribution is 2.38. The molecule has 0 aliphatic carbocycles. The van der Waals surface area contributed by atoms with E-state index in [4.69, 9.17) is 14.2 Å². The van der Waals surface area contributed by atoms with Crippen LogP contribution in [0.3, 0.4) is 0 Å². The molecule has 6 heteroatoms. The van der Waals surface area contributed by atoms with Gasteiger partial charge in [0.05, 0.1) is 27.0 Å². The van der Waals surface area contributed by atoms with Crippen molar-refractivity contribution in [2.75, 3.05) is 26.6 Å². The lowest BCUT2D eigenvalue weighted by atomic mass is 10.1. The normalized spacial score (nSPS) is 10.2. The maximum atomic E-state index is 12.7. The van der Waals surface area contributed by atoms with E-state index in [9.17, 15) is 4.79 Å². The predicted octanol–water partition coefficient (Wildman–Crippen LogP) is 3.30. The molecule has 144 valence electrons. The first-order valence-electron chi connectivity index (χ1n) is 8.79. The molecule has 1 aromatic heterocycles. The number of carbonyl (C=O) groups is 1. The van der Waals surface area contributed by atoms with Crippen molar-refractivity contribution in [2.45, 2.75) is 6.54 Å². The Morgan fingerprint density at radius 1 is 0.893 bits per heavy atom. The number of rotatable bonds is 7. The molecule has 0 spiro atoms. The molecule has 0 saturated heterocycles. The van der Waals surface area contributed by atoms with Gasteiger partial charge in [0.1, 0.15) is 0 Å². The first-order valence-corrected chi connectivity index (χ1v) is 8.79. The lowest BCUT2D eigenvalue weighted by molar-refractivity contribution is -0.688. The van der Waals surface area contributed by atoms with Gasteiger partial charge in [-0.2, -0.15) is 0 Å². The SMILES string of the molecule is COc1cc(C(=O)Nc2cc[n+](Cc3ccccc3)cc2)cc(OC)c1OC. The second-order valence-electron chi connectivity index (χ2n) is 6.11. The van der Waals surface area contributed by atoms with E-state index >= 15 is 0 Å². The molecule has 1 heterocycles. The third-order valence-electron chi connectivity index (χ3n) is 4.28. The lowest BCUT2D eigenvalue weighted by Gasteiger charge is -2.14. The summed E-state index contributed by atoms with van der Waals surface area (Å²) < 4.78 is 17.9. The standard InChI is InChI=1S/C22H22N2O4/c1-26-19-13-17(14-20(27-2)21(19)28-3)22(25)23-18-9-11-24(12-10-18)15-16-7-5-4-6-8-16/h4-14H,15H2,1-3H3/p+1. The monoisotopic (exact) mass is 379 g/mol. The highest BCUT2D eigenvalue weighted by atomic mass is 16.5. The van der Waals surface area contributed by atoms with Crippen molar-refractivity contribution < 1.29 is 23.6 Å². The summed E-state index contributed by atoms with van der Waals surface area (Å²) in [6.45, 7) is 0.766. The summed E-state index contributed by atoms with van der Waals surface area (Å²) in [5, 5.41) is 2.89. The van der Waals surface area contributed by atoms with Crippen molar-refractivity contribution >= 4 is 11.6 Å². The Morgan fingerprint density at radius 3 is 2.04 bits per heavy atom. The van der Waals surface area contributed by atoms with Crippen LogP contribution in [0.1, 0.15) is 15.9 Å². The van der Waals surface area contributed by atoms with Crippen LogP contribution >= 0.6 is 0 Å². The van der Waals surface area contributed by atoms with E-state index in [1.54, 1.807) is 12.1 Å². The second-order valence-corrected chi connectivity index (χ2v) is 6.11. The Morgan fingerprint density at radius 2 is 1.50 bits per heavy atom. The third-order valence-corrected chi connectivity index (χ3v) is 4.28. The number of hydrogen-bond donors (Lipinski definition) is 1. The summed E-state index contributed by atoms with van der Waals surface area (Å²) in [6.07, 6.45) is 3.86. The molecule has 0 saturated carbocycles. The number of carbonyl (C=O) groups excluding carboxylic acids is 1. The van der Waals surface area contributed by atoms with Gasteiger partial charge in [0.2, 0.25) is 5.75 Å². The van der Waals surface area contributed by atoms with Gasteiger partial charge in [-0.3, -0.25) is 4.79 Å². The van der Waals surface area contributed by atoms with Gasteiger partial charge in [0.15, 0.2) is 30.4 Å². The van der Waals surface area contributed by atoms with E-state index in [1.807, 2.05) is 47.3 Å². The van der Waals surface area contributed by atoms with E-state index in [2.05, 4.69) is 17.4 Å². The van der Waals surface area contributed by atoms with Crippen molar-refractivity contribution in [2.24, 2.45) is 0 Å². The first kappa shape index (κ1) is 19.2. The second kappa shape index (κ2) is 8.90. The molecule has 28 heavy (non-hydrogen) atoms. The average molecular weight is 379 g/mol. The van der Waals surface area contributed by atoms with Gasteiger partial charge in [-0.25, -0.2) is 4.57 Å². The van der Waals surface area contributed by atoms with Crippen molar-refractivity contribution in [3.63, 3.8) is 0 Å². The van der Waals surface area contributed by atoms with Crippen LogP contribution in [0.5, 0.6) is 17.2 Å². The zero-order chi connectivity index (χ0) is 19.9. The Hall–Kier alpha value is -3.54. The minimum Gasteiger partial charge on any atom is -0.493 e. The number of aromatic nitrogens is 1. The average Bonchev–Trinajstić information content (AvgIpc) is 2.74. The van der Waals surface area contributed by atoms with Crippen LogP contribution in [0, 0.1) is 0 Å². The number of anilines is 1. The van der Waals surface area contributed by atoms with Crippen LogP contribution in [-0.2, 0) is 6.54 Å². The van der Waals surface area contributed by atoms with Crippen LogP contribution < -0.4 is 24.1 Å². The van der Waals surface area contributed by atoms with Crippen LogP contribution in [0.15, 0.2) is 67.0 Å². The van der Waals surface area contributed by atoms with Crippen molar-refractivity contribution in [3.05, 3.63) is 78.1 Å². The van der Waals surface area contributed by atoms with Crippen molar-refractivity contribution in [1.29, 1.82) is 0 Å². The number of hydrogen-bond acceptors (Lipinski definition) is 4. The largest absolute Gasteiger partial charge is 0.493 e. The van der Waals surface area contributed by atoms with Crippen molar-refractivity contribution in [3.8, 4) is 17.2 Å². The molecule has 3 rings (SSSR count). The maximum Gasteiger partial charge on any atom is 0.255 e. The van der Waals surface area contributed by atoms with E-state index < -0.39 is 0 Å². The summed E-state index contributed by atoms with van der Waals surface area (Å²) in [5.74, 6) is 1.05. The van der Waals surface area contributed by atoms with Gasteiger partial charge < -0.3 is 19.5 Å². The fourth-order valence-electron chi connectivity index (χ4n) is 2.86. The summed E-state index contributed by atoms with van der Waals surface area (Å²) in [6, 6.07) is 17.1. The van der Waals surface area contributed by atoms with Gasteiger partial charge in [0, 0.05) is 23.3 Å². The minimum absolute atomic E-state index is 0.264. The highest BCUT2D eigenvalue weighted by Gasteiger charge is 2.17. The molecule has 6 nitrogen and oxygen atoms in total. The number of nitrogens with one attached hydrogen (secondary N) is 1. The molecule has 0 radical (unpaired) electrons. The van der Waals surface area contributed by atoms with Crippen LogP contribution in [-0.4, -0.2) is 27.2 Å². The highest BCUT2D eigenvalue weighted by molar-refractivity contribution is 6.05. The molecule has 0 bridgehead atoms. The Kier molecular flexibility index (Phi) is 6.11. The summed E-state index contributed by atoms with van der Waals surface area (Å²) in [4.78, 5) is 12.7. The molecular weight excluding hydrogens is 356 g/mol. The molecule has 3 aromatic rings. The quantitative estimate of drug-likeness (QED) is 0.640. The van der Waals surface area contributed by atoms with E-state index in [-0.39, 0.29) is 5.91 Å². The topological polar surface area (TPSA) is 60.7 Å². The fraction of sp³-hybridized carbons (Fsp3) is 0.182.